The lowest BCUT2D eigenvalue weighted by molar-refractivity contribution is 0.0280. The van der Waals surface area contributed by atoms with Crippen molar-refractivity contribution in [1.82, 2.24) is 19.5 Å². The highest BCUT2D eigenvalue weighted by Gasteiger charge is 2.21. The molecule has 0 aromatic carbocycles. The number of hydrogen-bond donors (Lipinski definition) is 0. The van der Waals surface area contributed by atoms with Crippen molar-refractivity contribution in [1.29, 1.82) is 0 Å². The smallest absolute Gasteiger partial charge is 0.410 e. The van der Waals surface area contributed by atoms with Gasteiger partial charge in [0.15, 0.2) is 11.5 Å². The van der Waals surface area contributed by atoms with Crippen LogP contribution in [0.25, 0.3) is 5.65 Å². The third-order valence-electron chi connectivity index (χ3n) is 2.52. The van der Waals surface area contributed by atoms with Crippen LogP contribution in [0.4, 0.5) is 4.79 Å². The Labute approximate surface area is 125 Å². The van der Waals surface area contributed by atoms with E-state index in [2.05, 4.69) is 26.1 Å². The average Bonchev–Trinajstić information content (AvgIpc) is 2.69. The summed E-state index contributed by atoms with van der Waals surface area (Å²) in [5.41, 5.74) is 0.224. The number of nitrogens with zero attached hydrogens (tertiary/aromatic N) is 4. The Balaban J connectivity index is 2.15. The van der Waals surface area contributed by atoms with E-state index in [4.69, 9.17) is 4.74 Å². The molecule has 2 rings (SSSR count). The summed E-state index contributed by atoms with van der Waals surface area (Å²) in [6.07, 6.45) is 1.48. The van der Waals surface area contributed by atoms with Gasteiger partial charge in [0.1, 0.15) is 5.60 Å². The highest BCUT2D eigenvalue weighted by atomic mass is 79.9. The summed E-state index contributed by atoms with van der Waals surface area (Å²) in [7, 11) is 1.67. The first-order valence-electron chi connectivity index (χ1n) is 6.19. The van der Waals surface area contributed by atoms with Crippen molar-refractivity contribution in [3.8, 4) is 0 Å². The molecular weight excluding hydrogens is 324 g/mol. The molecule has 6 nitrogen and oxygen atoms in total. The summed E-state index contributed by atoms with van der Waals surface area (Å²) in [5.74, 6) is 0.676. The Bertz CT molecular complexity index is 633. The second kappa shape index (κ2) is 5.40. The molecule has 0 aliphatic heterocycles. The summed E-state index contributed by atoms with van der Waals surface area (Å²) < 4.78 is 8.06. The molecule has 1 amide bonds. The predicted octanol–water partition coefficient (Wildman–Crippen LogP) is 2.86. The maximum atomic E-state index is 11.9. The van der Waals surface area contributed by atoms with Crippen LogP contribution in [0.5, 0.6) is 0 Å². The number of pyridine rings is 1. The van der Waals surface area contributed by atoms with Crippen LogP contribution in [0.3, 0.4) is 0 Å². The van der Waals surface area contributed by atoms with Gasteiger partial charge in [-0.15, -0.1) is 10.2 Å². The summed E-state index contributed by atoms with van der Waals surface area (Å²) in [4.78, 5) is 13.4. The number of aromatic nitrogens is 3. The Hall–Kier alpha value is -1.63. The van der Waals surface area contributed by atoms with Crippen molar-refractivity contribution in [3.05, 3.63) is 28.6 Å². The molecule has 0 saturated heterocycles. The first-order valence-corrected chi connectivity index (χ1v) is 6.99. The molecule has 2 aromatic rings. The summed E-state index contributed by atoms with van der Waals surface area (Å²) >= 11 is 3.40. The first kappa shape index (κ1) is 14.8. The Morgan fingerprint density at radius 3 is 2.75 bits per heavy atom. The second-order valence-electron chi connectivity index (χ2n) is 5.53. The quantitative estimate of drug-likeness (QED) is 0.843. The zero-order valence-corrected chi connectivity index (χ0v) is 13.5. The molecule has 0 bridgehead atoms. The molecule has 0 atom stereocenters. The van der Waals surface area contributed by atoms with Crippen LogP contribution in [0, 0.1) is 0 Å². The normalized spacial score (nSPS) is 11.7. The van der Waals surface area contributed by atoms with Crippen molar-refractivity contribution in [3.63, 3.8) is 0 Å². The number of amides is 1. The first-order chi connectivity index (χ1) is 9.26. The fourth-order valence-corrected chi connectivity index (χ4v) is 1.97. The zero-order chi connectivity index (χ0) is 14.9. The van der Waals surface area contributed by atoms with Crippen LogP contribution in [0.15, 0.2) is 22.8 Å². The minimum atomic E-state index is -0.513. The maximum Gasteiger partial charge on any atom is 0.410 e. The van der Waals surface area contributed by atoms with Gasteiger partial charge in [0.25, 0.3) is 0 Å². The van der Waals surface area contributed by atoms with Crippen molar-refractivity contribution < 1.29 is 9.53 Å². The number of halogens is 1. The van der Waals surface area contributed by atoms with Crippen LogP contribution in [0.1, 0.15) is 26.6 Å². The maximum absolute atomic E-state index is 11.9. The third kappa shape index (κ3) is 3.47. The highest BCUT2D eigenvalue weighted by Crippen LogP contribution is 2.14. The van der Waals surface area contributed by atoms with Gasteiger partial charge in [0.05, 0.1) is 6.54 Å². The van der Waals surface area contributed by atoms with Gasteiger partial charge in [-0.05, 0) is 48.8 Å². The molecule has 0 radical (unpaired) electrons. The lowest BCUT2D eigenvalue weighted by Gasteiger charge is -2.24. The van der Waals surface area contributed by atoms with E-state index in [1.807, 2.05) is 43.5 Å². The number of fused-ring (bicyclic) bond motifs is 1. The standard InChI is InChI=1S/C13H17BrN4O2/c1-13(2,3)20-12(19)17(4)8-11-16-15-10-6-5-9(14)7-18(10)11/h5-7H,8H2,1-4H3. The van der Waals surface area contributed by atoms with Gasteiger partial charge in [-0.2, -0.15) is 0 Å². The molecule has 0 N–H and O–H groups in total. The van der Waals surface area contributed by atoms with Gasteiger partial charge in [-0.3, -0.25) is 4.40 Å². The Kier molecular flexibility index (Phi) is 3.99. The van der Waals surface area contributed by atoms with Crippen LogP contribution in [0.2, 0.25) is 0 Å². The van der Waals surface area contributed by atoms with Gasteiger partial charge >= 0.3 is 6.09 Å². The van der Waals surface area contributed by atoms with Crippen LogP contribution in [-0.2, 0) is 11.3 Å². The molecule has 2 heterocycles. The van der Waals surface area contributed by atoms with Crippen molar-refractivity contribution in [2.45, 2.75) is 32.9 Å². The monoisotopic (exact) mass is 340 g/mol. The molecule has 0 fully saturated rings. The Morgan fingerprint density at radius 2 is 2.10 bits per heavy atom. The molecule has 2 aromatic heterocycles. The van der Waals surface area contributed by atoms with Gasteiger partial charge in [-0.25, -0.2) is 4.79 Å². The third-order valence-corrected chi connectivity index (χ3v) is 2.99. The molecule has 0 aliphatic carbocycles. The summed E-state index contributed by atoms with van der Waals surface area (Å²) in [5, 5.41) is 8.16. The van der Waals surface area contributed by atoms with Gasteiger partial charge < -0.3 is 9.64 Å². The van der Waals surface area contributed by atoms with E-state index in [1.165, 1.54) is 4.90 Å². The predicted molar refractivity (Wildman–Crippen MR) is 78.4 cm³/mol. The van der Waals surface area contributed by atoms with E-state index >= 15 is 0 Å². The lowest BCUT2D eigenvalue weighted by Crippen LogP contribution is -2.34. The minimum absolute atomic E-state index is 0.326. The second-order valence-corrected chi connectivity index (χ2v) is 6.44. The fraction of sp³-hybridized carbons (Fsp3) is 0.462. The molecule has 20 heavy (non-hydrogen) atoms. The van der Waals surface area contributed by atoms with E-state index in [9.17, 15) is 4.79 Å². The van der Waals surface area contributed by atoms with E-state index in [0.717, 1.165) is 10.1 Å². The molecule has 0 unspecified atom stereocenters. The number of carbonyl (C=O) groups excluding carboxylic acids is 1. The summed E-state index contributed by atoms with van der Waals surface area (Å²) in [6, 6.07) is 3.75. The molecule has 0 saturated carbocycles. The van der Waals surface area contributed by atoms with Crippen molar-refractivity contribution in [2.24, 2.45) is 0 Å². The van der Waals surface area contributed by atoms with Crippen LogP contribution in [-0.4, -0.2) is 38.2 Å². The number of hydrogen-bond acceptors (Lipinski definition) is 4. The van der Waals surface area contributed by atoms with Crippen molar-refractivity contribution in [2.75, 3.05) is 7.05 Å². The van der Waals surface area contributed by atoms with E-state index in [0.29, 0.717) is 12.4 Å². The number of rotatable bonds is 2. The van der Waals surface area contributed by atoms with E-state index in [1.54, 1.807) is 7.05 Å². The van der Waals surface area contributed by atoms with E-state index < -0.39 is 5.60 Å². The largest absolute Gasteiger partial charge is 0.444 e. The number of ether oxygens (including phenoxy) is 1. The highest BCUT2D eigenvalue weighted by molar-refractivity contribution is 9.10. The van der Waals surface area contributed by atoms with Crippen molar-refractivity contribution >= 4 is 27.7 Å². The van der Waals surface area contributed by atoms with Crippen LogP contribution >= 0.6 is 15.9 Å². The molecule has 108 valence electrons. The number of carbonyl (C=O) groups is 1. The topological polar surface area (TPSA) is 59.7 Å². The molecule has 7 heteroatoms. The lowest BCUT2D eigenvalue weighted by atomic mass is 10.2. The average molecular weight is 341 g/mol. The molecule has 0 aliphatic rings. The van der Waals surface area contributed by atoms with Gasteiger partial charge in [0, 0.05) is 17.7 Å². The summed E-state index contributed by atoms with van der Waals surface area (Å²) in [6.45, 7) is 5.83. The van der Waals surface area contributed by atoms with E-state index in [-0.39, 0.29) is 6.09 Å². The van der Waals surface area contributed by atoms with Gasteiger partial charge in [0.2, 0.25) is 0 Å². The van der Waals surface area contributed by atoms with Crippen LogP contribution < -0.4 is 0 Å². The van der Waals surface area contributed by atoms with Gasteiger partial charge in [-0.1, -0.05) is 0 Å². The molecule has 0 spiro atoms. The minimum Gasteiger partial charge on any atom is -0.444 e. The zero-order valence-electron chi connectivity index (χ0n) is 11.9. The molecular formula is C13H17BrN4O2. The Morgan fingerprint density at radius 1 is 1.40 bits per heavy atom. The fourth-order valence-electron chi connectivity index (χ4n) is 1.64. The SMILES string of the molecule is CN(Cc1nnc2ccc(Br)cn12)C(=O)OC(C)(C)C.